The Balaban J connectivity index is 2.19. The number of nitrogens with two attached hydrogens (primary N) is 1. The average Bonchev–Trinajstić information content (AvgIpc) is 2.85. The zero-order valence-corrected chi connectivity index (χ0v) is 10.1. The van der Waals surface area contributed by atoms with Crippen LogP contribution in [-0.2, 0) is 4.74 Å². The molecule has 2 aromatic heterocycles. The van der Waals surface area contributed by atoms with Crippen molar-refractivity contribution in [2.24, 2.45) is 5.73 Å². The Hall–Kier alpha value is -1.18. The number of methoxy groups -OCH3 is 1. The van der Waals surface area contributed by atoms with E-state index in [-0.39, 0.29) is 0 Å². The summed E-state index contributed by atoms with van der Waals surface area (Å²) in [5.74, 6) is 1.19. The molecular formula is C9H10BrN3O3. The van der Waals surface area contributed by atoms with E-state index in [1.54, 1.807) is 19.2 Å². The number of ether oxygens (including phenoxy) is 1. The second-order valence-electron chi connectivity index (χ2n) is 3.12. The summed E-state index contributed by atoms with van der Waals surface area (Å²) >= 11 is 3.19. The van der Waals surface area contributed by atoms with E-state index in [4.69, 9.17) is 19.4 Å². The monoisotopic (exact) mass is 287 g/mol. The van der Waals surface area contributed by atoms with Crippen LogP contribution in [0.1, 0.15) is 11.9 Å². The van der Waals surface area contributed by atoms with Gasteiger partial charge in [-0.15, -0.1) is 0 Å². The summed E-state index contributed by atoms with van der Waals surface area (Å²) in [7, 11) is 1.56. The lowest BCUT2D eigenvalue weighted by Gasteiger charge is -2.02. The first-order valence-corrected chi connectivity index (χ1v) is 5.34. The van der Waals surface area contributed by atoms with Crippen molar-refractivity contribution in [3.63, 3.8) is 0 Å². The van der Waals surface area contributed by atoms with Crippen LogP contribution in [0.5, 0.6) is 0 Å². The fourth-order valence-corrected chi connectivity index (χ4v) is 1.48. The Labute approximate surface area is 99.9 Å². The fraction of sp³-hybridized carbons (Fsp3) is 0.333. The Morgan fingerprint density at radius 2 is 2.38 bits per heavy atom. The molecule has 1 unspecified atom stereocenters. The Morgan fingerprint density at radius 3 is 3.00 bits per heavy atom. The molecule has 0 spiro atoms. The van der Waals surface area contributed by atoms with Crippen molar-refractivity contribution >= 4 is 15.9 Å². The van der Waals surface area contributed by atoms with Crippen LogP contribution in [-0.4, -0.2) is 23.9 Å². The van der Waals surface area contributed by atoms with Gasteiger partial charge in [0.05, 0.1) is 12.6 Å². The minimum Gasteiger partial charge on any atom is -0.444 e. The van der Waals surface area contributed by atoms with Crippen LogP contribution < -0.4 is 5.73 Å². The van der Waals surface area contributed by atoms with E-state index in [1.807, 2.05) is 0 Å². The number of furan rings is 1. The first kappa shape index (κ1) is 11.3. The summed E-state index contributed by atoms with van der Waals surface area (Å²) < 4.78 is 15.8. The van der Waals surface area contributed by atoms with E-state index in [0.717, 1.165) is 0 Å². The molecule has 0 saturated heterocycles. The number of hydrogen-bond acceptors (Lipinski definition) is 6. The molecule has 7 heteroatoms. The molecule has 86 valence electrons. The van der Waals surface area contributed by atoms with Crippen LogP contribution in [0.25, 0.3) is 11.7 Å². The van der Waals surface area contributed by atoms with E-state index in [0.29, 0.717) is 28.8 Å². The summed E-state index contributed by atoms with van der Waals surface area (Å²) in [5, 5.41) is 3.75. The highest BCUT2D eigenvalue weighted by molar-refractivity contribution is 9.10. The minimum atomic E-state index is -0.402. The van der Waals surface area contributed by atoms with Gasteiger partial charge < -0.3 is 19.4 Å². The minimum absolute atomic E-state index is 0.298. The van der Waals surface area contributed by atoms with Gasteiger partial charge in [-0.3, -0.25) is 0 Å². The smallest absolute Gasteiger partial charge is 0.293 e. The molecule has 2 rings (SSSR count). The molecular weight excluding hydrogens is 278 g/mol. The Bertz CT molecular complexity index is 468. The molecule has 0 aliphatic rings. The maximum absolute atomic E-state index is 5.75. The van der Waals surface area contributed by atoms with Crippen LogP contribution in [0.2, 0.25) is 0 Å². The second-order valence-corrected chi connectivity index (χ2v) is 3.90. The lowest BCUT2D eigenvalue weighted by atomic mass is 10.3. The number of rotatable bonds is 4. The molecule has 0 aliphatic heterocycles. The van der Waals surface area contributed by atoms with Gasteiger partial charge >= 0.3 is 0 Å². The maximum Gasteiger partial charge on any atom is 0.293 e. The molecule has 6 nitrogen and oxygen atoms in total. The van der Waals surface area contributed by atoms with Crippen molar-refractivity contribution in [1.82, 2.24) is 10.1 Å². The summed E-state index contributed by atoms with van der Waals surface area (Å²) in [6.07, 6.45) is 0. The molecule has 2 heterocycles. The predicted octanol–water partition coefficient (Wildman–Crippen LogP) is 1.74. The first-order chi connectivity index (χ1) is 7.70. The highest BCUT2D eigenvalue weighted by Gasteiger charge is 2.16. The largest absolute Gasteiger partial charge is 0.444 e. The highest BCUT2D eigenvalue weighted by atomic mass is 79.9. The third-order valence-corrected chi connectivity index (χ3v) is 2.33. The van der Waals surface area contributed by atoms with Gasteiger partial charge in [-0.25, -0.2) is 0 Å². The van der Waals surface area contributed by atoms with Crippen LogP contribution in [0.4, 0.5) is 0 Å². The standard InChI is InChI=1S/C9H10BrN3O3/c1-14-4-5(11)8-12-9(16-13-8)6-2-3-7(10)15-6/h2-3,5H,4,11H2,1H3. The molecule has 0 saturated carbocycles. The third-order valence-electron chi connectivity index (χ3n) is 1.90. The van der Waals surface area contributed by atoms with Gasteiger partial charge in [-0.1, -0.05) is 5.16 Å². The summed E-state index contributed by atoms with van der Waals surface area (Å²) in [6.45, 7) is 0.334. The van der Waals surface area contributed by atoms with E-state index < -0.39 is 6.04 Å². The van der Waals surface area contributed by atoms with Crippen molar-refractivity contribution in [2.45, 2.75) is 6.04 Å². The quantitative estimate of drug-likeness (QED) is 0.922. The summed E-state index contributed by atoms with van der Waals surface area (Å²) in [4.78, 5) is 4.12. The van der Waals surface area contributed by atoms with E-state index in [9.17, 15) is 0 Å². The van der Waals surface area contributed by atoms with Crippen molar-refractivity contribution < 1.29 is 13.7 Å². The van der Waals surface area contributed by atoms with Gasteiger partial charge in [0.2, 0.25) is 0 Å². The van der Waals surface area contributed by atoms with Crippen LogP contribution in [0.3, 0.4) is 0 Å². The molecule has 0 amide bonds. The number of aromatic nitrogens is 2. The van der Waals surface area contributed by atoms with Gasteiger partial charge in [0.25, 0.3) is 5.89 Å². The number of nitrogens with zero attached hydrogens (tertiary/aromatic N) is 2. The van der Waals surface area contributed by atoms with Gasteiger partial charge in [0.1, 0.15) is 0 Å². The van der Waals surface area contributed by atoms with Gasteiger partial charge in [-0.05, 0) is 28.1 Å². The SMILES string of the molecule is COCC(N)c1noc(-c2ccc(Br)o2)n1. The lowest BCUT2D eigenvalue weighted by molar-refractivity contribution is 0.177. The van der Waals surface area contributed by atoms with Crippen LogP contribution in [0, 0.1) is 0 Å². The van der Waals surface area contributed by atoms with Crippen molar-refractivity contribution in [3.05, 3.63) is 22.6 Å². The number of halogens is 1. The van der Waals surface area contributed by atoms with Crippen molar-refractivity contribution in [1.29, 1.82) is 0 Å². The van der Waals surface area contributed by atoms with Crippen LogP contribution >= 0.6 is 15.9 Å². The summed E-state index contributed by atoms with van der Waals surface area (Å²) in [5.41, 5.74) is 5.75. The van der Waals surface area contributed by atoms with Gasteiger partial charge in [-0.2, -0.15) is 4.98 Å². The van der Waals surface area contributed by atoms with Gasteiger partial charge in [0.15, 0.2) is 16.3 Å². The van der Waals surface area contributed by atoms with Gasteiger partial charge in [0, 0.05) is 7.11 Å². The number of hydrogen-bond donors (Lipinski definition) is 1. The van der Waals surface area contributed by atoms with Crippen molar-refractivity contribution in [3.8, 4) is 11.7 Å². The topological polar surface area (TPSA) is 87.3 Å². The highest BCUT2D eigenvalue weighted by Crippen LogP contribution is 2.24. The molecule has 2 aromatic rings. The third kappa shape index (κ3) is 2.31. The molecule has 16 heavy (non-hydrogen) atoms. The van der Waals surface area contributed by atoms with Crippen LogP contribution in [0.15, 0.2) is 25.7 Å². The molecule has 0 radical (unpaired) electrons. The molecule has 0 fully saturated rings. The second kappa shape index (κ2) is 4.77. The van der Waals surface area contributed by atoms with E-state index in [2.05, 4.69) is 26.1 Å². The Kier molecular flexibility index (Phi) is 3.37. The average molecular weight is 288 g/mol. The zero-order valence-electron chi connectivity index (χ0n) is 8.51. The molecule has 0 aliphatic carbocycles. The fourth-order valence-electron chi connectivity index (χ4n) is 1.17. The molecule has 0 bridgehead atoms. The first-order valence-electron chi connectivity index (χ1n) is 4.54. The maximum atomic E-state index is 5.75. The molecule has 2 N–H and O–H groups in total. The predicted molar refractivity (Wildman–Crippen MR) is 58.5 cm³/mol. The Morgan fingerprint density at radius 1 is 1.56 bits per heavy atom. The summed E-state index contributed by atoms with van der Waals surface area (Å²) in [6, 6.07) is 3.07. The van der Waals surface area contributed by atoms with Crippen molar-refractivity contribution in [2.75, 3.05) is 13.7 Å². The molecule has 0 aromatic carbocycles. The zero-order chi connectivity index (χ0) is 11.5. The van der Waals surface area contributed by atoms with E-state index in [1.165, 1.54) is 0 Å². The lowest BCUT2D eigenvalue weighted by Crippen LogP contribution is -2.17. The van der Waals surface area contributed by atoms with E-state index >= 15 is 0 Å². The molecule has 1 atom stereocenters. The normalized spacial score (nSPS) is 12.9.